The third-order valence-electron chi connectivity index (χ3n) is 2.09. The average molecular weight is 182 g/mol. The van der Waals surface area contributed by atoms with Gasteiger partial charge in [-0.05, 0) is 33.6 Å². The molecule has 0 aromatic carbocycles. The second kappa shape index (κ2) is 6.81. The summed E-state index contributed by atoms with van der Waals surface area (Å²) in [7, 11) is 0. The monoisotopic (exact) mass is 182 g/mol. The van der Waals surface area contributed by atoms with Crippen molar-refractivity contribution in [3.63, 3.8) is 0 Å². The van der Waals surface area contributed by atoms with Crippen LogP contribution in [0.2, 0.25) is 0 Å². The van der Waals surface area contributed by atoms with Crippen molar-refractivity contribution in [1.82, 2.24) is 0 Å². The van der Waals surface area contributed by atoms with Crippen LogP contribution in [0, 0.1) is 0 Å². The van der Waals surface area contributed by atoms with Crippen molar-refractivity contribution >= 4 is 11.4 Å². The highest BCUT2D eigenvalue weighted by atomic mass is 14.9. The maximum Gasteiger partial charge on any atom is 0.0665 e. The van der Waals surface area contributed by atoms with Gasteiger partial charge in [-0.25, -0.2) is 0 Å². The Labute approximate surface area is 82.2 Å². The Balaban J connectivity index is 3.94. The molecule has 0 amide bonds. The highest BCUT2D eigenvalue weighted by Crippen LogP contribution is 1.96. The number of aliphatic imine (C=N–C) groups is 2. The first-order valence-electron chi connectivity index (χ1n) is 5.13. The van der Waals surface area contributed by atoms with Crippen molar-refractivity contribution in [2.24, 2.45) is 9.98 Å². The van der Waals surface area contributed by atoms with E-state index in [2.05, 4.69) is 44.6 Å². The van der Waals surface area contributed by atoms with Crippen LogP contribution < -0.4 is 0 Å². The van der Waals surface area contributed by atoms with E-state index in [1.54, 1.807) is 0 Å². The van der Waals surface area contributed by atoms with Crippen molar-refractivity contribution in [3.8, 4) is 0 Å². The van der Waals surface area contributed by atoms with Crippen molar-refractivity contribution in [1.29, 1.82) is 0 Å². The van der Waals surface area contributed by atoms with Crippen LogP contribution in [0.5, 0.6) is 0 Å². The largest absolute Gasteiger partial charge is 0.292 e. The summed E-state index contributed by atoms with van der Waals surface area (Å²) in [6.45, 7) is 11.4. The molecule has 0 rings (SSSR count). The van der Waals surface area contributed by atoms with E-state index in [0.717, 1.165) is 19.4 Å². The molecule has 76 valence electrons. The van der Waals surface area contributed by atoms with E-state index in [1.165, 1.54) is 11.4 Å². The first kappa shape index (κ1) is 12.3. The fourth-order valence-electron chi connectivity index (χ4n) is 0.908. The third-order valence-corrected chi connectivity index (χ3v) is 2.09. The fraction of sp³-hybridized carbons (Fsp3) is 0.818. The van der Waals surface area contributed by atoms with Gasteiger partial charge in [0.2, 0.25) is 0 Å². The zero-order valence-corrected chi connectivity index (χ0v) is 9.59. The van der Waals surface area contributed by atoms with Crippen molar-refractivity contribution in [3.05, 3.63) is 0 Å². The van der Waals surface area contributed by atoms with Gasteiger partial charge in [0.05, 0.1) is 12.6 Å². The zero-order valence-electron chi connectivity index (χ0n) is 9.59. The standard InChI is InChI=1S/C11H22N2/c1-6-9(3)12-8-11(5)13-10(4)7-2/h11H,6-8H2,1-5H3. The lowest BCUT2D eigenvalue weighted by atomic mass is 10.3. The van der Waals surface area contributed by atoms with Gasteiger partial charge in [-0.1, -0.05) is 13.8 Å². The third kappa shape index (κ3) is 6.50. The van der Waals surface area contributed by atoms with Gasteiger partial charge in [-0.3, -0.25) is 9.98 Å². The van der Waals surface area contributed by atoms with Crippen LogP contribution in [0.4, 0.5) is 0 Å². The van der Waals surface area contributed by atoms with Crippen LogP contribution >= 0.6 is 0 Å². The number of hydrogen-bond acceptors (Lipinski definition) is 2. The van der Waals surface area contributed by atoms with E-state index < -0.39 is 0 Å². The van der Waals surface area contributed by atoms with E-state index in [0.29, 0.717) is 6.04 Å². The van der Waals surface area contributed by atoms with Gasteiger partial charge >= 0.3 is 0 Å². The molecule has 1 atom stereocenters. The van der Waals surface area contributed by atoms with Crippen LogP contribution in [-0.4, -0.2) is 24.0 Å². The molecule has 1 unspecified atom stereocenters. The van der Waals surface area contributed by atoms with Gasteiger partial charge in [0, 0.05) is 11.4 Å². The van der Waals surface area contributed by atoms with Crippen molar-refractivity contribution in [2.45, 2.75) is 53.5 Å². The van der Waals surface area contributed by atoms with Gasteiger partial charge in [0.15, 0.2) is 0 Å². The summed E-state index contributed by atoms with van der Waals surface area (Å²) in [6, 6.07) is 0.335. The smallest absolute Gasteiger partial charge is 0.0665 e. The molecule has 0 N–H and O–H groups in total. The molecule has 0 saturated heterocycles. The maximum atomic E-state index is 4.51. The molecule has 2 nitrogen and oxygen atoms in total. The molecule has 0 spiro atoms. The summed E-state index contributed by atoms with van der Waals surface area (Å²) in [5.74, 6) is 0. The maximum absolute atomic E-state index is 4.51. The van der Waals surface area contributed by atoms with Crippen molar-refractivity contribution in [2.75, 3.05) is 6.54 Å². The Morgan fingerprint density at radius 2 is 1.62 bits per heavy atom. The summed E-state index contributed by atoms with van der Waals surface area (Å²) in [6.07, 6.45) is 2.09. The molecule has 0 fully saturated rings. The second-order valence-electron chi connectivity index (χ2n) is 3.50. The topological polar surface area (TPSA) is 24.7 Å². The Hall–Kier alpha value is -0.660. The van der Waals surface area contributed by atoms with Gasteiger partial charge in [0.25, 0.3) is 0 Å². The van der Waals surface area contributed by atoms with Gasteiger partial charge < -0.3 is 0 Å². The average Bonchev–Trinajstić information content (AvgIpc) is 2.13. The van der Waals surface area contributed by atoms with Crippen LogP contribution in [0.1, 0.15) is 47.5 Å². The Morgan fingerprint density at radius 3 is 2.08 bits per heavy atom. The quantitative estimate of drug-likeness (QED) is 0.584. The lowest BCUT2D eigenvalue weighted by molar-refractivity contribution is 0.750. The van der Waals surface area contributed by atoms with Crippen LogP contribution in [0.15, 0.2) is 9.98 Å². The zero-order chi connectivity index (χ0) is 10.3. The summed E-state index contributed by atoms with van der Waals surface area (Å²) in [5, 5.41) is 0. The van der Waals surface area contributed by atoms with Gasteiger partial charge in [0.1, 0.15) is 0 Å². The summed E-state index contributed by atoms with van der Waals surface area (Å²) in [4.78, 5) is 8.95. The molecule has 0 bridgehead atoms. The van der Waals surface area contributed by atoms with E-state index in [4.69, 9.17) is 0 Å². The van der Waals surface area contributed by atoms with E-state index in [-0.39, 0.29) is 0 Å². The van der Waals surface area contributed by atoms with E-state index in [1.807, 2.05) is 0 Å². The number of rotatable bonds is 5. The molecule has 0 heterocycles. The lowest BCUT2D eigenvalue weighted by Crippen LogP contribution is -2.07. The highest BCUT2D eigenvalue weighted by Gasteiger charge is 1.97. The van der Waals surface area contributed by atoms with E-state index >= 15 is 0 Å². The molecule has 2 heteroatoms. The summed E-state index contributed by atoms with van der Waals surface area (Å²) in [5.41, 5.74) is 2.44. The predicted octanol–water partition coefficient (Wildman–Crippen LogP) is 3.12. The molecule has 0 aliphatic heterocycles. The molecular formula is C11H22N2. The minimum atomic E-state index is 0.335. The molecule has 0 saturated carbocycles. The first-order chi connectivity index (χ1) is 6.10. The van der Waals surface area contributed by atoms with Crippen LogP contribution in [-0.2, 0) is 0 Å². The van der Waals surface area contributed by atoms with Crippen molar-refractivity contribution < 1.29 is 0 Å². The molecule has 0 aliphatic rings. The number of nitrogens with zero attached hydrogens (tertiary/aromatic N) is 2. The Morgan fingerprint density at radius 1 is 1.08 bits per heavy atom. The van der Waals surface area contributed by atoms with Gasteiger partial charge in [-0.15, -0.1) is 0 Å². The minimum Gasteiger partial charge on any atom is -0.292 e. The molecule has 0 aliphatic carbocycles. The van der Waals surface area contributed by atoms with Gasteiger partial charge in [-0.2, -0.15) is 0 Å². The molecule has 0 aromatic rings. The predicted molar refractivity (Wildman–Crippen MR) is 61.1 cm³/mol. The summed E-state index contributed by atoms with van der Waals surface area (Å²) >= 11 is 0. The SMILES string of the molecule is CCC(C)=NCC(C)N=C(C)CC. The molecule has 13 heavy (non-hydrogen) atoms. The summed E-state index contributed by atoms with van der Waals surface area (Å²) < 4.78 is 0. The van der Waals surface area contributed by atoms with E-state index in [9.17, 15) is 0 Å². The molecular weight excluding hydrogens is 160 g/mol. The second-order valence-corrected chi connectivity index (χ2v) is 3.50. The Bertz CT molecular complexity index is 192. The normalized spacial score (nSPS) is 16.1. The molecule has 0 radical (unpaired) electrons. The minimum absolute atomic E-state index is 0.335. The van der Waals surface area contributed by atoms with Crippen LogP contribution in [0.25, 0.3) is 0 Å². The highest BCUT2D eigenvalue weighted by molar-refractivity contribution is 5.82. The fourth-order valence-corrected chi connectivity index (χ4v) is 0.908. The lowest BCUT2D eigenvalue weighted by Gasteiger charge is -2.05. The number of hydrogen-bond donors (Lipinski definition) is 0. The first-order valence-corrected chi connectivity index (χ1v) is 5.13. The Kier molecular flexibility index (Phi) is 6.47. The van der Waals surface area contributed by atoms with Crippen LogP contribution in [0.3, 0.4) is 0 Å². The molecule has 0 aromatic heterocycles.